The van der Waals surface area contributed by atoms with Crippen LogP contribution in [0.5, 0.6) is 0 Å². The molecule has 1 aromatic heterocycles. The number of carbonyl (C=O) groups excluding carboxylic acids is 2. The second kappa shape index (κ2) is 7.08. The summed E-state index contributed by atoms with van der Waals surface area (Å²) in [5.41, 5.74) is 0.401. The summed E-state index contributed by atoms with van der Waals surface area (Å²) in [4.78, 5) is 27.3. The topological polar surface area (TPSA) is 49.4 Å². The van der Waals surface area contributed by atoms with E-state index in [1.54, 1.807) is 12.1 Å². The van der Waals surface area contributed by atoms with Crippen LogP contribution < -0.4 is 5.32 Å². The molecular formula is C20H16F2N2O2S. The minimum atomic E-state index is -0.807. The number of amides is 2. The molecule has 1 aliphatic rings. The zero-order valence-corrected chi connectivity index (χ0v) is 15.1. The minimum absolute atomic E-state index is 0.0366. The average Bonchev–Trinajstić information content (AvgIpc) is 3.29. The van der Waals surface area contributed by atoms with E-state index in [1.807, 2.05) is 17.0 Å². The van der Waals surface area contributed by atoms with Crippen LogP contribution in [0.15, 0.2) is 42.5 Å². The second-order valence-corrected chi connectivity index (χ2v) is 7.56. The van der Waals surface area contributed by atoms with Gasteiger partial charge in [0.25, 0.3) is 11.8 Å². The van der Waals surface area contributed by atoms with E-state index < -0.39 is 17.5 Å². The Morgan fingerprint density at radius 2 is 1.67 bits per heavy atom. The number of halogens is 2. The molecule has 2 aromatic carbocycles. The van der Waals surface area contributed by atoms with Gasteiger partial charge in [-0.3, -0.25) is 9.59 Å². The number of rotatable bonds is 3. The van der Waals surface area contributed by atoms with Gasteiger partial charge in [-0.1, -0.05) is 0 Å². The van der Waals surface area contributed by atoms with Crippen molar-refractivity contribution < 1.29 is 18.4 Å². The third-order valence-corrected chi connectivity index (χ3v) is 5.61. The Morgan fingerprint density at radius 3 is 2.37 bits per heavy atom. The SMILES string of the molecule is O=C(Nc1ccc2sc(C(=O)N3CCCC3)cc2c1)c1cc(F)cc(F)c1. The van der Waals surface area contributed by atoms with Crippen LogP contribution >= 0.6 is 11.3 Å². The number of carbonyl (C=O) groups is 2. The van der Waals surface area contributed by atoms with Gasteiger partial charge in [0.2, 0.25) is 0 Å². The molecule has 27 heavy (non-hydrogen) atoms. The number of thiophene rings is 1. The molecule has 0 unspecified atom stereocenters. The molecular weight excluding hydrogens is 370 g/mol. The van der Waals surface area contributed by atoms with Crippen molar-refractivity contribution in [3.63, 3.8) is 0 Å². The molecule has 1 saturated heterocycles. The number of hydrogen-bond acceptors (Lipinski definition) is 3. The van der Waals surface area contributed by atoms with E-state index in [-0.39, 0.29) is 11.5 Å². The quantitative estimate of drug-likeness (QED) is 0.711. The number of nitrogens with zero attached hydrogens (tertiary/aromatic N) is 1. The molecule has 0 bridgehead atoms. The zero-order valence-electron chi connectivity index (χ0n) is 14.3. The first-order valence-electron chi connectivity index (χ1n) is 8.60. The van der Waals surface area contributed by atoms with Gasteiger partial charge in [-0.15, -0.1) is 11.3 Å². The molecule has 1 N–H and O–H groups in total. The largest absolute Gasteiger partial charge is 0.338 e. The maximum absolute atomic E-state index is 13.3. The highest BCUT2D eigenvalue weighted by Crippen LogP contribution is 2.30. The Labute approximate surface area is 158 Å². The van der Waals surface area contributed by atoms with Crippen LogP contribution in [0.2, 0.25) is 0 Å². The summed E-state index contributed by atoms with van der Waals surface area (Å²) in [5.74, 6) is -2.18. The summed E-state index contributed by atoms with van der Waals surface area (Å²) in [6, 6.07) is 9.77. The van der Waals surface area contributed by atoms with Gasteiger partial charge in [0.05, 0.1) is 4.88 Å². The number of benzene rings is 2. The van der Waals surface area contributed by atoms with Crippen LogP contribution in [-0.4, -0.2) is 29.8 Å². The maximum atomic E-state index is 13.3. The Bertz CT molecular complexity index is 1020. The van der Waals surface area contributed by atoms with Gasteiger partial charge in [0, 0.05) is 35.1 Å². The molecule has 2 amide bonds. The average molecular weight is 386 g/mol. The smallest absolute Gasteiger partial charge is 0.263 e. The van der Waals surface area contributed by atoms with Crippen molar-refractivity contribution >= 4 is 38.9 Å². The normalized spacial score (nSPS) is 13.9. The minimum Gasteiger partial charge on any atom is -0.338 e. The number of hydrogen-bond donors (Lipinski definition) is 1. The summed E-state index contributed by atoms with van der Waals surface area (Å²) in [5, 5.41) is 3.47. The Kier molecular flexibility index (Phi) is 4.61. The molecule has 0 aliphatic carbocycles. The fraction of sp³-hybridized carbons (Fsp3) is 0.200. The Hall–Kier alpha value is -2.80. The van der Waals surface area contributed by atoms with Gasteiger partial charge in [0.1, 0.15) is 11.6 Å². The number of likely N-dealkylation sites (tertiary alicyclic amines) is 1. The predicted molar refractivity (Wildman–Crippen MR) is 101 cm³/mol. The van der Waals surface area contributed by atoms with E-state index in [9.17, 15) is 18.4 Å². The van der Waals surface area contributed by atoms with E-state index in [1.165, 1.54) is 11.3 Å². The van der Waals surface area contributed by atoms with Gasteiger partial charge in [-0.25, -0.2) is 8.78 Å². The number of anilines is 1. The first-order chi connectivity index (χ1) is 13.0. The van der Waals surface area contributed by atoms with Crippen LogP contribution in [0.25, 0.3) is 10.1 Å². The molecule has 4 rings (SSSR count). The van der Waals surface area contributed by atoms with Gasteiger partial charge >= 0.3 is 0 Å². The van der Waals surface area contributed by atoms with Crippen molar-refractivity contribution in [3.05, 3.63) is 64.5 Å². The van der Waals surface area contributed by atoms with Gasteiger partial charge < -0.3 is 10.2 Å². The summed E-state index contributed by atoms with van der Waals surface area (Å²) in [6.07, 6.45) is 2.07. The molecule has 2 heterocycles. The van der Waals surface area contributed by atoms with Crippen molar-refractivity contribution in [2.24, 2.45) is 0 Å². The summed E-state index contributed by atoms with van der Waals surface area (Å²) in [7, 11) is 0. The van der Waals surface area contributed by atoms with E-state index in [0.717, 1.165) is 48.2 Å². The molecule has 0 spiro atoms. The Morgan fingerprint density at radius 1 is 0.963 bits per heavy atom. The number of fused-ring (bicyclic) bond motifs is 1. The lowest BCUT2D eigenvalue weighted by molar-refractivity contribution is 0.0797. The third-order valence-electron chi connectivity index (χ3n) is 4.50. The lowest BCUT2D eigenvalue weighted by Gasteiger charge is -2.13. The maximum Gasteiger partial charge on any atom is 0.263 e. The van der Waals surface area contributed by atoms with Crippen molar-refractivity contribution in [1.82, 2.24) is 4.90 Å². The lowest BCUT2D eigenvalue weighted by atomic mass is 10.2. The van der Waals surface area contributed by atoms with Gasteiger partial charge in [-0.05, 0) is 54.6 Å². The fourth-order valence-electron chi connectivity index (χ4n) is 3.19. The molecule has 0 saturated carbocycles. The molecule has 3 aromatic rings. The second-order valence-electron chi connectivity index (χ2n) is 6.47. The van der Waals surface area contributed by atoms with E-state index in [4.69, 9.17) is 0 Å². The van der Waals surface area contributed by atoms with Crippen molar-refractivity contribution in [1.29, 1.82) is 0 Å². The molecule has 0 atom stereocenters. The first kappa shape index (κ1) is 17.6. The number of nitrogens with one attached hydrogen (secondary N) is 1. The monoisotopic (exact) mass is 386 g/mol. The van der Waals surface area contributed by atoms with Crippen molar-refractivity contribution in [3.8, 4) is 0 Å². The van der Waals surface area contributed by atoms with E-state index in [0.29, 0.717) is 16.6 Å². The van der Waals surface area contributed by atoms with Crippen LogP contribution in [0, 0.1) is 11.6 Å². The van der Waals surface area contributed by atoms with Gasteiger partial charge in [-0.2, -0.15) is 0 Å². The highest BCUT2D eigenvalue weighted by molar-refractivity contribution is 7.20. The molecule has 1 fully saturated rings. The van der Waals surface area contributed by atoms with E-state index in [2.05, 4.69) is 5.32 Å². The van der Waals surface area contributed by atoms with E-state index >= 15 is 0 Å². The first-order valence-corrected chi connectivity index (χ1v) is 9.41. The Balaban J connectivity index is 1.56. The van der Waals surface area contributed by atoms with Crippen LogP contribution in [0.1, 0.15) is 32.9 Å². The van der Waals surface area contributed by atoms with Crippen LogP contribution in [-0.2, 0) is 0 Å². The van der Waals surface area contributed by atoms with Crippen LogP contribution in [0.3, 0.4) is 0 Å². The lowest BCUT2D eigenvalue weighted by Crippen LogP contribution is -2.26. The fourth-order valence-corrected chi connectivity index (χ4v) is 4.20. The van der Waals surface area contributed by atoms with Crippen molar-refractivity contribution in [2.45, 2.75) is 12.8 Å². The van der Waals surface area contributed by atoms with Gasteiger partial charge in [0.15, 0.2) is 0 Å². The molecule has 4 nitrogen and oxygen atoms in total. The third kappa shape index (κ3) is 3.68. The molecule has 7 heteroatoms. The summed E-state index contributed by atoms with van der Waals surface area (Å²) in [6.45, 7) is 1.58. The summed E-state index contributed by atoms with van der Waals surface area (Å²) < 4.78 is 27.5. The van der Waals surface area contributed by atoms with Crippen molar-refractivity contribution in [2.75, 3.05) is 18.4 Å². The highest BCUT2D eigenvalue weighted by atomic mass is 32.1. The summed E-state index contributed by atoms with van der Waals surface area (Å²) >= 11 is 1.42. The zero-order chi connectivity index (χ0) is 19.0. The standard InChI is InChI=1S/C20H16F2N2O2S/c21-14-7-13(8-15(22)11-14)19(25)23-16-3-4-17-12(9-16)10-18(27-17)20(26)24-5-1-2-6-24/h3-4,7-11H,1-2,5-6H2,(H,23,25). The molecule has 138 valence electrons. The predicted octanol–water partition coefficient (Wildman–Crippen LogP) is 4.67. The molecule has 0 radical (unpaired) electrons. The highest BCUT2D eigenvalue weighted by Gasteiger charge is 2.21. The van der Waals surface area contributed by atoms with Crippen LogP contribution in [0.4, 0.5) is 14.5 Å². The molecule has 1 aliphatic heterocycles.